The lowest BCUT2D eigenvalue weighted by molar-refractivity contribution is 0.00616. The Balaban J connectivity index is 1.90. The van der Waals surface area contributed by atoms with Crippen LogP contribution in [0.3, 0.4) is 0 Å². The number of hydrogen-bond donors (Lipinski definition) is 2. The molecule has 0 aromatic carbocycles. The fourth-order valence-electron chi connectivity index (χ4n) is 3.41. The Hall–Kier alpha value is -0.910. The maximum atomic E-state index is 5.77. The largest absolute Gasteiger partial charge is 0.379 e. The molecule has 0 spiro atoms. The summed E-state index contributed by atoms with van der Waals surface area (Å²) in [6.07, 6.45) is 12.7. The molecule has 20 heavy (non-hydrogen) atoms. The van der Waals surface area contributed by atoms with E-state index >= 15 is 0 Å². The molecule has 1 aliphatic rings. The zero-order chi connectivity index (χ0) is 14.4. The number of aromatic nitrogens is 2. The zero-order valence-corrected chi connectivity index (χ0v) is 12.7. The molecule has 0 aliphatic heterocycles. The standard InChI is InChI=1S/C15H28N4O/c1-19-11-12(10-17-19)8-9-14(18-16)15(20-2)13-6-4-3-5-7-13/h10-11,13-15,18H,3-9,16H2,1-2H3. The van der Waals surface area contributed by atoms with E-state index in [4.69, 9.17) is 10.6 Å². The first-order valence-corrected chi connectivity index (χ1v) is 7.71. The van der Waals surface area contributed by atoms with Crippen LogP contribution in [0.5, 0.6) is 0 Å². The first-order valence-electron chi connectivity index (χ1n) is 7.71. The van der Waals surface area contributed by atoms with Crippen molar-refractivity contribution in [2.45, 2.75) is 57.1 Å². The van der Waals surface area contributed by atoms with Crippen LogP contribution in [0.1, 0.15) is 44.1 Å². The topological polar surface area (TPSA) is 65.1 Å². The van der Waals surface area contributed by atoms with Crippen molar-refractivity contribution in [3.8, 4) is 0 Å². The second-order valence-electron chi connectivity index (χ2n) is 5.93. The lowest BCUT2D eigenvalue weighted by Gasteiger charge is -2.34. The van der Waals surface area contributed by atoms with E-state index in [9.17, 15) is 0 Å². The number of nitrogens with one attached hydrogen (secondary N) is 1. The molecule has 0 saturated heterocycles. The Kier molecular flexibility index (Phi) is 6.01. The summed E-state index contributed by atoms with van der Waals surface area (Å²) >= 11 is 0. The van der Waals surface area contributed by atoms with Gasteiger partial charge in [-0.25, -0.2) is 0 Å². The van der Waals surface area contributed by atoms with Crippen molar-refractivity contribution in [1.29, 1.82) is 0 Å². The Bertz CT molecular complexity index is 387. The summed E-state index contributed by atoms with van der Waals surface area (Å²) in [5.41, 5.74) is 4.23. The van der Waals surface area contributed by atoms with E-state index in [1.807, 2.05) is 25.0 Å². The lowest BCUT2D eigenvalue weighted by Crippen LogP contribution is -2.48. The number of ether oxygens (including phenoxy) is 1. The molecule has 1 fully saturated rings. The van der Waals surface area contributed by atoms with Crippen molar-refractivity contribution in [1.82, 2.24) is 15.2 Å². The second kappa shape index (κ2) is 7.76. The lowest BCUT2D eigenvalue weighted by atomic mass is 9.81. The van der Waals surface area contributed by atoms with Gasteiger partial charge in [-0.05, 0) is 37.2 Å². The van der Waals surface area contributed by atoms with Crippen LogP contribution in [-0.4, -0.2) is 29.0 Å². The SMILES string of the molecule is COC(C1CCCCC1)C(CCc1cnn(C)c1)NN. The molecule has 1 aliphatic carbocycles. The Morgan fingerprint density at radius 1 is 1.45 bits per heavy atom. The molecular formula is C15H28N4O. The zero-order valence-electron chi connectivity index (χ0n) is 12.7. The molecular weight excluding hydrogens is 252 g/mol. The molecule has 2 atom stereocenters. The smallest absolute Gasteiger partial charge is 0.0765 e. The highest BCUT2D eigenvalue weighted by atomic mass is 16.5. The van der Waals surface area contributed by atoms with Gasteiger partial charge in [0, 0.05) is 26.4 Å². The van der Waals surface area contributed by atoms with E-state index in [2.05, 4.69) is 16.7 Å². The number of nitrogens with zero attached hydrogens (tertiary/aromatic N) is 2. The van der Waals surface area contributed by atoms with E-state index in [1.165, 1.54) is 37.7 Å². The predicted molar refractivity (Wildman–Crippen MR) is 80.0 cm³/mol. The van der Waals surface area contributed by atoms with Gasteiger partial charge in [-0.2, -0.15) is 5.10 Å². The van der Waals surface area contributed by atoms with E-state index in [-0.39, 0.29) is 12.1 Å². The van der Waals surface area contributed by atoms with Gasteiger partial charge in [0.25, 0.3) is 0 Å². The van der Waals surface area contributed by atoms with Crippen LogP contribution < -0.4 is 11.3 Å². The summed E-state index contributed by atoms with van der Waals surface area (Å²) in [5, 5.41) is 4.21. The maximum Gasteiger partial charge on any atom is 0.0765 e. The third-order valence-electron chi connectivity index (χ3n) is 4.50. The van der Waals surface area contributed by atoms with E-state index in [0.717, 1.165) is 12.8 Å². The molecule has 2 unspecified atom stereocenters. The van der Waals surface area contributed by atoms with Gasteiger partial charge >= 0.3 is 0 Å². The highest BCUT2D eigenvalue weighted by Crippen LogP contribution is 2.30. The Morgan fingerprint density at radius 3 is 2.75 bits per heavy atom. The van der Waals surface area contributed by atoms with Crippen LogP contribution in [0.15, 0.2) is 12.4 Å². The van der Waals surface area contributed by atoms with Gasteiger partial charge in [-0.15, -0.1) is 0 Å². The number of nitrogens with two attached hydrogens (primary N) is 1. The molecule has 3 N–H and O–H groups in total. The molecule has 0 radical (unpaired) electrons. The summed E-state index contributed by atoms with van der Waals surface area (Å²) in [7, 11) is 3.76. The van der Waals surface area contributed by atoms with Crippen molar-refractivity contribution >= 4 is 0 Å². The van der Waals surface area contributed by atoms with Crippen LogP contribution in [0.25, 0.3) is 0 Å². The van der Waals surface area contributed by atoms with Crippen molar-refractivity contribution in [3.05, 3.63) is 18.0 Å². The minimum atomic E-state index is 0.211. The van der Waals surface area contributed by atoms with Gasteiger partial charge < -0.3 is 4.74 Å². The van der Waals surface area contributed by atoms with Crippen LogP contribution in [0.2, 0.25) is 0 Å². The first kappa shape index (κ1) is 15.5. The third kappa shape index (κ3) is 4.04. The minimum absolute atomic E-state index is 0.211. The fraction of sp³-hybridized carbons (Fsp3) is 0.800. The number of hydrogen-bond acceptors (Lipinski definition) is 4. The van der Waals surface area contributed by atoms with E-state index < -0.39 is 0 Å². The van der Waals surface area contributed by atoms with Crippen molar-refractivity contribution in [2.75, 3.05) is 7.11 Å². The van der Waals surface area contributed by atoms with Crippen LogP contribution in [-0.2, 0) is 18.2 Å². The maximum absolute atomic E-state index is 5.77. The van der Waals surface area contributed by atoms with Crippen LogP contribution in [0.4, 0.5) is 0 Å². The van der Waals surface area contributed by atoms with Gasteiger partial charge in [-0.3, -0.25) is 16.0 Å². The quantitative estimate of drug-likeness (QED) is 0.590. The van der Waals surface area contributed by atoms with E-state index in [1.54, 1.807) is 0 Å². The summed E-state index contributed by atoms with van der Waals surface area (Å²) in [6, 6.07) is 0.211. The number of hydrazine groups is 1. The van der Waals surface area contributed by atoms with Crippen molar-refractivity contribution < 1.29 is 4.74 Å². The molecule has 2 rings (SSSR count). The fourth-order valence-corrected chi connectivity index (χ4v) is 3.41. The minimum Gasteiger partial charge on any atom is -0.379 e. The molecule has 1 aromatic rings. The first-order chi connectivity index (χ1) is 9.74. The highest BCUT2D eigenvalue weighted by Gasteiger charge is 2.29. The third-order valence-corrected chi connectivity index (χ3v) is 4.50. The Labute approximate surface area is 121 Å². The number of methoxy groups -OCH3 is 1. The van der Waals surface area contributed by atoms with Gasteiger partial charge in [0.05, 0.1) is 12.3 Å². The van der Waals surface area contributed by atoms with Gasteiger partial charge in [0.1, 0.15) is 0 Å². The molecule has 1 aromatic heterocycles. The predicted octanol–water partition coefficient (Wildman–Crippen LogP) is 1.78. The summed E-state index contributed by atoms with van der Waals surface area (Å²) in [5.74, 6) is 6.42. The normalized spacial score (nSPS) is 19.9. The highest BCUT2D eigenvalue weighted by molar-refractivity contribution is 5.04. The van der Waals surface area contributed by atoms with Gasteiger partial charge in [0.2, 0.25) is 0 Å². The molecule has 0 amide bonds. The Morgan fingerprint density at radius 2 is 2.20 bits per heavy atom. The second-order valence-corrected chi connectivity index (χ2v) is 5.93. The monoisotopic (exact) mass is 280 g/mol. The molecule has 1 heterocycles. The summed E-state index contributed by atoms with van der Waals surface area (Å²) < 4.78 is 7.62. The van der Waals surface area contributed by atoms with Crippen molar-refractivity contribution in [3.63, 3.8) is 0 Å². The molecule has 0 bridgehead atoms. The average molecular weight is 280 g/mol. The molecule has 5 heteroatoms. The number of rotatable bonds is 7. The van der Waals surface area contributed by atoms with Crippen molar-refractivity contribution in [2.24, 2.45) is 18.8 Å². The van der Waals surface area contributed by atoms with Crippen LogP contribution in [0, 0.1) is 5.92 Å². The summed E-state index contributed by atoms with van der Waals surface area (Å²) in [4.78, 5) is 0. The molecule has 1 saturated carbocycles. The number of aryl methyl sites for hydroxylation is 2. The van der Waals surface area contributed by atoms with E-state index in [0.29, 0.717) is 5.92 Å². The van der Waals surface area contributed by atoms with Crippen LogP contribution >= 0.6 is 0 Å². The van der Waals surface area contributed by atoms with Gasteiger partial charge in [0.15, 0.2) is 0 Å². The molecule has 114 valence electrons. The van der Waals surface area contributed by atoms with Gasteiger partial charge in [-0.1, -0.05) is 19.3 Å². The summed E-state index contributed by atoms with van der Waals surface area (Å²) in [6.45, 7) is 0. The average Bonchev–Trinajstić information content (AvgIpc) is 2.90. The molecule has 5 nitrogen and oxygen atoms in total.